The number of aliphatic hydroxyl groups excluding tert-OH is 1. The summed E-state index contributed by atoms with van der Waals surface area (Å²) in [5, 5.41) is 14.1. The van der Waals surface area contributed by atoms with Crippen LogP contribution in [0.25, 0.3) is 0 Å². The van der Waals surface area contributed by atoms with Crippen LogP contribution in [0.1, 0.15) is 105 Å². The molecule has 0 amide bonds. The molecular formula is C29H54N2O. The SMILES string of the molecule is CN.CN[C@@H]1CC2CC(O)CCC2(C)C2CCC3(C)C(=C21)CCC3[C@H](C)CCCC(C)C. The van der Waals surface area contributed by atoms with E-state index in [0.29, 0.717) is 22.8 Å². The second-order valence-electron chi connectivity index (χ2n) is 12.6. The first-order valence-electron chi connectivity index (χ1n) is 13.9. The fourth-order valence-corrected chi connectivity index (χ4v) is 8.75. The lowest BCUT2D eigenvalue weighted by Crippen LogP contribution is -2.54. The van der Waals surface area contributed by atoms with Crippen molar-refractivity contribution < 1.29 is 5.11 Å². The van der Waals surface area contributed by atoms with Gasteiger partial charge in [-0.05, 0) is 111 Å². The van der Waals surface area contributed by atoms with Crippen LogP contribution in [0.3, 0.4) is 0 Å². The molecule has 6 unspecified atom stereocenters. The van der Waals surface area contributed by atoms with E-state index in [-0.39, 0.29) is 6.10 Å². The highest BCUT2D eigenvalue weighted by atomic mass is 16.3. The predicted octanol–water partition coefficient (Wildman–Crippen LogP) is 6.31. The predicted molar refractivity (Wildman–Crippen MR) is 137 cm³/mol. The Balaban J connectivity index is 0.00000141. The molecule has 0 spiro atoms. The van der Waals surface area contributed by atoms with Crippen LogP contribution in [-0.2, 0) is 0 Å². The Labute approximate surface area is 199 Å². The fraction of sp³-hybridized carbons (Fsp3) is 0.931. The average molecular weight is 447 g/mol. The molecule has 186 valence electrons. The molecule has 3 fully saturated rings. The zero-order valence-electron chi connectivity index (χ0n) is 22.3. The number of hydrogen-bond donors (Lipinski definition) is 3. The zero-order valence-corrected chi connectivity index (χ0v) is 22.3. The average Bonchev–Trinajstić information content (AvgIpc) is 3.12. The van der Waals surface area contributed by atoms with Gasteiger partial charge in [0.25, 0.3) is 0 Å². The minimum Gasteiger partial charge on any atom is -0.393 e. The van der Waals surface area contributed by atoms with E-state index in [1.807, 2.05) is 11.1 Å². The minimum atomic E-state index is -0.0637. The molecule has 0 aromatic carbocycles. The van der Waals surface area contributed by atoms with Gasteiger partial charge >= 0.3 is 0 Å². The van der Waals surface area contributed by atoms with Gasteiger partial charge in [0.05, 0.1) is 6.10 Å². The van der Waals surface area contributed by atoms with E-state index in [1.54, 1.807) is 0 Å². The van der Waals surface area contributed by atoms with Gasteiger partial charge in [-0.25, -0.2) is 0 Å². The number of rotatable bonds is 6. The topological polar surface area (TPSA) is 58.3 Å². The first-order valence-corrected chi connectivity index (χ1v) is 13.9. The largest absolute Gasteiger partial charge is 0.393 e. The molecule has 0 aliphatic heterocycles. The summed E-state index contributed by atoms with van der Waals surface area (Å²) in [5.74, 6) is 4.01. The van der Waals surface area contributed by atoms with Crippen LogP contribution >= 0.6 is 0 Å². The Morgan fingerprint density at radius 1 is 1.03 bits per heavy atom. The van der Waals surface area contributed by atoms with Crippen molar-refractivity contribution >= 4 is 0 Å². The number of nitrogens with one attached hydrogen (secondary N) is 1. The molecule has 0 radical (unpaired) electrons. The van der Waals surface area contributed by atoms with Crippen LogP contribution in [0.5, 0.6) is 0 Å². The van der Waals surface area contributed by atoms with Crippen molar-refractivity contribution in [3.63, 3.8) is 0 Å². The van der Waals surface area contributed by atoms with Crippen LogP contribution in [0, 0.1) is 40.4 Å². The van der Waals surface area contributed by atoms with Gasteiger partial charge in [0.1, 0.15) is 0 Å². The van der Waals surface area contributed by atoms with Crippen molar-refractivity contribution in [3.8, 4) is 0 Å². The van der Waals surface area contributed by atoms with E-state index in [1.165, 1.54) is 64.8 Å². The van der Waals surface area contributed by atoms with E-state index in [4.69, 9.17) is 0 Å². The molecule has 0 saturated heterocycles. The smallest absolute Gasteiger partial charge is 0.0543 e. The quantitative estimate of drug-likeness (QED) is 0.419. The highest BCUT2D eigenvalue weighted by Gasteiger charge is 2.57. The molecular weight excluding hydrogens is 392 g/mol. The van der Waals surface area contributed by atoms with E-state index < -0.39 is 0 Å². The van der Waals surface area contributed by atoms with E-state index in [0.717, 1.165) is 36.5 Å². The minimum absolute atomic E-state index is 0.0637. The van der Waals surface area contributed by atoms with Crippen LogP contribution in [0.2, 0.25) is 0 Å². The van der Waals surface area contributed by atoms with Crippen molar-refractivity contribution in [2.45, 2.75) is 117 Å². The molecule has 4 N–H and O–H groups in total. The first-order chi connectivity index (χ1) is 15.2. The van der Waals surface area contributed by atoms with Gasteiger partial charge in [-0.3, -0.25) is 0 Å². The van der Waals surface area contributed by atoms with Crippen LogP contribution < -0.4 is 11.1 Å². The van der Waals surface area contributed by atoms with Crippen molar-refractivity contribution in [1.29, 1.82) is 0 Å². The summed E-state index contributed by atoms with van der Waals surface area (Å²) in [7, 11) is 3.68. The third-order valence-electron chi connectivity index (χ3n) is 10.6. The van der Waals surface area contributed by atoms with Gasteiger partial charge in [-0.15, -0.1) is 0 Å². The normalized spacial score (nSPS) is 42.0. The first kappa shape index (κ1) is 26.2. The number of likely N-dealkylation sites (N-methyl/N-ethyl adjacent to an activating group) is 1. The lowest BCUT2D eigenvalue weighted by atomic mass is 9.47. The number of nitrogens with two attached hydrogens (primary N) is 1. The maximum atomic E-state index is 10.4. The molecule has 3 saturated carbocycles. The van der Waals surface area contributed by atoms with Gasteiger partial charge in [0.2, 0.25) is 0 Å². The van der Waals surface area contributed by atoms with Gasteiger partial charge in [0.15, 0.2) is 0 Å². The van der Waals surface area contributed by atoms with Crippen molar-refractivity contribution in [2.75, 3.05) is 14.1 Å². The van der Waals surface area contributed by atoms with Crippen LogP contribution in [-0.4, -0.2) is 31.3 Å². The summed E-state index contributed by atoms with van der Waals surface area (Å²) in [6.07, 6.45) is 14.2. The maximum absolute atomic E-state index is 10.4. The summed E-state index contributed by atoms with van der Waals surface area (Å²) < 4.78 is 0. The van der Waals surface area contributed by atoms with Gasteiger partial charge in [0, 0.05) is 6.04 Å². The molecule has 3 heteroatoms. The standard InChI is InChI=1S/C28H49NO.CH5N/c1-18(2)8-7-9-19(3)22-10-11-23-26-24(13-15-28(22,23)5)27(4)14-12-21(30)16-20(27)17-25(26)29-6;1-2/h18-22,24-25,29-30H,7-17H2,1-6H3;2H2,1H3/t19-,20?,21?,22?,24?,25-,27?,28?;/m1./s1. The van der Waals surface area contributed by atoms with Gasteiger partial charge < -0.3 is 16.2 Å². The third kappa shape index (κ3) is 4.60. The lowest BCUT2D eigenvalue weighted by molar-refractivity contribution is -0.0443. The molecule has 8 atom stereocenters. The Morgan fingerprint density at radius 3 is 2.41 bits per heavy atom. The molecule has 3 nitrogen and oxygen atoms in total. The summed E-state index contributed by atoms with van der Waals surface area (Å²) in [6.45, 7) is 12.5. The number of hydrogen-bond acceptors (Lipinski definition) is 3. The van der Waals surface area contributed by atoms with Gasteiger partial charge in [-0.2, -0.15) is 0 Å². The Bertz CT molecular complexity index is 658. The number of fused-ring (bicyclic) bond motifs is 4. The Kier molecular flexibility index (Phi) is 8.59. The van der Waals surface area contributed by atoms with E-state index in [2.05, 4.69) is 52.7 Å². The molecule has 32 heavy (non-hydrogen) atoms. The molecule has 0 bridgehead atoms. The highest BCUT2D eigenvalue weighted by Crippen LogP contribution is 2.65. The number of allylic oxidation sites excluding steroid dienone is 1. The monoisotopic (exact) mass is 446 g/mol. The van der Waals surface area contributed by atoms with Crippen molar-refractivity contribution in [2.24, 2.45) is 46.2 Å². The summed E-state index contributed by atoms with van der Waals surface area (Å²) in [6, 6.07) is 0.544. The lowest BCUT2D eigenvalue weighted by Gasteiger charge is -2.58. The summed E-state index contributed by atoms with van der Waals surface area (Å²) >= 11 is 0. The van der Waals surface area contributed by atoms with Crippen molar-refractivity contribution in [3.05, 3.63) is 11.1 Å². The summed E-state index contributed by atoms with van der Waals surface area (Å²) in [5.41, 5.74) is 9.08. The van der Waals surface area contributed by atoms with E-state index >= 15 is 0 Å². The highest BCUT2D eigenvalue weighted by molar-refractivity contribution is 5.38. The number of aliphatic hydroxyl groups is 1. The molecule has 0 heterocycles. The third-order valence-corrected chi connectivity index (χ3v) is 10.6. The van der Waals surface area contributed by atoms with Crippen LogP contribution in [0.15, 0.2) is 11.1 Å². The zero-order chi connectivity index (χ0) is 23.7. The Morgan fingerprint density at radius 2 is 1.75 bits per heavy atom. The second-order valence-corrected chi connectivity index (χ2v) is 12.6. The van der Waals surface area contributed by atoms with E-state index in [9.17, 15) is 5.11 Å². The maximum Gasteiger partial charge on any atom is 0.0543 e. The molecule has 0 aromatic heterocycles. The second kappa shape index (κ2) is 10.5. The van der Waals surface area contributed by atoms with Gasteiger partial charge in [-0.1, -0.05) is 59.5 Å². The molecule has 4 aliphatic rings. The molecule has 4 aliphatic carbocycles. The summed E-state index contributed by atoms with van der Waals surface area (Å²) in [4.78, 5) is 0. The van der Waals surface area contributed by atoms with Crippen molar-refractivity contribution in [1.82, 2.24) is 5.32 Å². The fourth-order valence-electron chi connectivity index (χ4n) is 8.75. The molecule has 4 rings (SSSR count). The molecule has 0 aromatic rings. The van der Waals surface area contributed by atoms with Crippen LogP contribution in [0.4, 0.5) is 0 Å². The Hall–Kier alpha value is -0.380.